The molecule has 0 heterocycles. The van der Waals surface area contributed by atoms with Gasteiger partial charge < -0.3 is 20.9 Å². The van der Waals surface area contributed by atoms with Gasteiger partial charge in [0.1, 0.15) is 12.2 Å². The highest BCUT2D eigenvalue weighted by Gasteiger charge is 2.31. The van der Waals surface area contributed by atoms with Crippen LogP contribution in [-0.4, -0.2) is 35.2 Å². The van der Waals surface area contributed by atoms with Crippen LogP contribution < -0.4 is 11.1 Å². The lowest BCUT2D eigenvalue weighted by atomic mass is 9.99. The van der Waals surface area contributed by atoms with Gasteiger partial charge in [0, 0.05) is 17.3 Å². The number of nitrogens with one attached hydrogen (secondary N) is 1. The number of hydrogen-bond acceptors (Lipinski definition) is 5. The monoisotopic (exact) mass is 270 g/mol. The summed E-state index contributed by atoms with van der Waals surface area (Å²) in [7, 11) is 0. The quantitative estimate of drug-likeness (QED) is 0.473. The summed E-state index contributed by atoms with van der Waals surface area (Å²) in [6.45, 7) is 9.33. The number of nitrogens with two attached hydrogens (primary N) is 1. The van der Waals surface area contributed by atoms with Gasteiger partial charge in [0.15, 0.2) is 0 Å². The number of esters is 1. The van der Waals surface area contributed by atoms with Crippen LogP contribution >= 0.6 is 0 Å². The lowest BCUT2D eigenvalue weighted by molar-refractivity contribution is -0.147. The van der Waals surface area contributed by atoms with Gasteiger partial charge in [-0.15, -0.1) is 0 Å². The second kappa shape index (κ2) is 6.94. The topological polar surface area (TPSA) is 102 Å². The van der Waals surface area contributed by atoms with Crippen molar-refractivity contribution >= 4 is 11.9 Å². The van der Waals surface area contributed by atoms with Crippen molar-refractivity contribution in [3.63, 3.8) is 0 Å². The van der Waals surface area contributed by atoms with E-state index < -0.39 is 17.6 Å². The van der Waals surface area contributed by atoms with Gasteiger partial charge in [-0.25, -0.2) is 4.79 Å². The molecule has 0 saturated carbocycles. The summed E-state index contributed by atoms with van der Waals surface area (Å²) in [6, 6.07) is -0.618. The molecule has 108 valence electrons. The van der Waals surface area contributed by atoms with E-state index in [1.165, 1.54) is 20.0 Å². The van der Waals surface area contributed by atoms with Crippen molar-refractivity contribution in [2.24, 2.45) is 5.73 Å². The molecule has 0 aromatic rings. The third-order valence-electron chi connectivity index (χ3n) is 2.73. The molecule has 0 bridgehead atoms. The lowest BCUT2D eigenvalue weighted by Gasteiger charge is -2.30. The van der Waals surface area contributed by atoms with Gasteiger partial charge in [0.05, 0.1) is 6.04 Å². The molecule has 0 aliphatic rings. The molecule has 0 spiro atoms. The zero-order valence-corrected chi connectivity index (χ0v) is 11.8. The van der Waals surface area contributed by atoms with E-state index in [0.29, 0.717) is 5.57 Å². The van der Waals surface area contributed by atoms with E-state index in [4.69, 9.17) is 10.5 Å². The van der Waals surface area contributed by atoms with Crippen molar-refractivity contribution < 1.29 is 19.4 Å². The SMILES string of the molecule is C=C(C)C(=O)OCC(C)(O)C(C)NC(=O)C(C)=CN. The lowest BCUT2D eigenvalue weighted by Crippen LogP contribution is -2.52. The second-order valence-corrected chi connectivity index (χ2v) is 4.76. The smallest absolute Gasteiger partial charge is 0.333 e. The van der Waals surface area contributed by atoms with E-state index in [-0.39, 0.29) is 18.1 Å². The zero-order valence-electron chi connectivity index (χ0n) is 11.8. The number of amides is 1. The Kier molecular flexibility index (Phi) is 6.27. The fourth-order valence-corrected chi connectivity index (χ4v) is 1.00. The Morgan fingerprint density at radius 1 is 1.53 bits per heavy atom. The number of carbonyl (C=O) groups is 2. The number of carbonyl (C=O) groups excluding carboxylic acids is 2. The molecule has 1 amide bonds. The van der Waals surface area contributed by atoms with Crippen molar-refractivity contribution in [1.82, 2.24) is 5.32 Å². The minimum atomic E-state index is -1.39. The Morgan fingerprint density at radius 2 is 2.05 bits per heavy atom. The molecule has 6 heteroatoms. The van der Waals surface area contributed by atoms with E-state index >= 15 is 0 Å². The Bertz CT molecular complexity index is 399. The van der Waals surface area contributed by atoms with Crippen molar-refractivity contribution in [3.05, 3.63) is 23.9 Å². The van der Waals surface area contributed by atoms with Gasteiger partial charge in [-0.2, -0.15) is 0 Å². The number of rotatable bonds is 6. The fourth-order valence-electron chi connectivity index (χ4n) is 1.00. The average molecular weight is 270 g/mol. The van der Waals surface area contributed by atoms with Crippen LogP contribution in [0.1, 0.15) is 27.7 Å². The largest absolute Gasteiger partial charge is 0.459 e. The molecule has 0 fully saturated rings. The van der Waals surface area contributed by atoms with E-state index in [1.54, 1.807) is 13.8 Å². The molecule has 0 aromatic carbocycles. The summed E-state index contributed by atoms with van der Waals surface area (Å²) in [5.41, 5.74) is 4.41. The van der Waals surface area contributed by atoms with Crippen molar-refractivity contribution in [2.45, 2.75) is 39.3 Å². The molecule has 19 heavy (non-hydrogen) atoms. The van der Waals surface area contributed by atoms with Crippen LogP contribution in [0.25, 0.3) is 0 Å². The molecule has 0 rings (SSSR count). The summed E-state index contributed by atoms with van der Waals surface area (Å²) < 4.78 is 4.88. The maximum Gasteiger partial charge on any atom is 0.333 e. The third-order valence-corrected chi connectivity index (χ3v) is 2.73. The third kappa shape index (κ3) is 5.56. The zero-order chi connectivity index (χ0) is 15.2. The summed E-state index contributed by atoms with van der Waals surface area (Å²) in [6.07, 6.45) is 1.18. The minimum absolute atomic E-state index is 0.245. The summed E-state index contributed by atoms with van der Waals surface area (Å²) in [5, 5.41) is 12.7. The van der Waals surface area contributed by atoms with E-state index in [0.717, 1.165) is 0 Å². The Balaban J connectivity index is 4.51. The maximum absolute atomic E-state index is 11.6. The molecule has 0 saturated heterocycles. The van der Waals surface area contributed by atoms with Crippen LogP contribution in [0.4, 0.5) is 0 Å². The molecule has 0 aliphatic heterocycles. The van der Waals surface area contributed by atoms with E-state index in [9.17, 15) is 14.7 Å². The number of hydrogen-bond donors (Lipinski definition) is 3. The van der Waals surface area contributed by atoms with Gasteiger partial charge in [0.25, 0.3) is 0 Å². The predicted octanol–water partition coefficient (Wildman–Crippen LogP) is 0.224. The molecular weight excluding hydrogens is 248 g/mol. The van der Waals surface area contributed by atoms with Crippen LogP contribution in [-0.2, 0) is 14.3 Å². The summed E-state index contributed by atoms with van der Waals surface area (Å²) in [5.74, 6) is -0.974. The maximum atomic E-state index is 11.6. The predicted molar refractivity (Wildman–Crippen MR) is 71.9 cm³/mol. The molecule has 6 nitrogen and oxygen atoms in total. The molecule has 2 atom stereocenters. The Hall–Kier alpha value is -1.82. The first-order chi connectivity index (χ1) is 8.61. The molecule has 4 N–H and O–H groups in total. The van der Waals surface area contributed by atoms with Gasteiger partial charge >= 0.3 is 5.97 Å². The highest BCUT2D eigenvalue weighted by Crippen LogP contribution is 2.12. The molecule has 0 aromatic heterocycles. The molecule has 2 unspecified atom stereocenters. The normalized spacial score (nSPS) is 16.2. The Morgan fingerprint density at radius 3 is 2.47 bits per heavy atom. The second-order valence-electron chi connectivity index (χ2n) is 4.76. The van der Waals surface area contributed by atoms with Gasteiger partial charge in [-0.1, -0.05) is 6.58 Å². The average Bonchev–Trinajstić information content (AvgIpc) is 2.34. The van der Waals surface area contributed by atoms with Crippen LogP contribution in [0.15, 0.2) is 23.9 Å². The molecule has 0 radical (unpaired) electrons. The van der Waals surface area contributed by atoms with Crippen LogP contribution in [0.5, 0.6) is 0 Å². The van der Waals surface area contributed by atoms with E-state index in [2.05, 4.69) is 11.9 Å². The van der Waals surface area contributed by atoms with Gasteiger partial charge in [0.2, 0.25) is 5.91 Å². The standard InChI is InChI=1S/C13H22N2O4/c1-8(2)12(17)19-7-13(5,18)10(4)15-11(16)9(3)6-14/h6,10,18H,1,7,14H2,2-5H3,(H,15,16). The van der Waals surface area contributed by atoms with Crippen LogP contribution in [0.3, 0.4) is 0 Å². The van der Waals surface area contributed by atoms with E-state index in [1.807, 2.05) is 0 Å². The first-order valence-electron chi connectivity index (χ1n) is 5.86. The highest BCUT2D eigenvalue weighted by atomic mass is 16.5. The summed E-state index contributed by atoms with van der Waals surface area (Å²) >= 11 is 0. The summed E-state index contributed by atoms with van der Waals surface area (Å²) in [4.78, 5) is 22.8. The molecular formula is C13H22N2O4. The fraction of sp³-hybridized carbons (Fsp3) is 0.538. The number of aliphatic hydroxyl groups is 1. The first kappa shape index (κ1) is 17.2. The van der Waals surface area contributed by atoms with Gasteiger partial charge in [-0.3, -0.25) is 4.79 Å². The van der Waals surface area contributed by atoms with Crippen LogP contribution in [0.2, 0.25) is 0 Å². The van der Waals surface area contributed by atoms with Crippen LogP contribution in [0, 0.1) is 0 Å². The number of ether oxygens (including phenoxy) is 1. The highest BCUT2D eigenvalue weighted by molar-refractivity contribution is 5.92. The van der Waals surface area contributed by atoms with Gasteiger partial charge in [-0.05, 0) is 27.7 Å². The van der Waals surface area contributed by atoms with Crippen molar-refractivity contribution in [2.75, 3.05) is 6.61 Å². The minimum Gasteiger partial charge on any atom is -0.459 e. The first-order valence-corrected chi connectivity index (χ1v) is 5.86. The Labute approximate surface area is 113 Å². The van der Waals surface area contributed by atoms with Crippen molar-refractivity contribution in [3.8, 4) is 0 Å². The van der Waals surface area contributed by atoms with Crippen molar-refractivity contribution in [1.29, 1.82) is 0 Å². The molecule has 0 aliphatic carbocycles.